The first-order valence-electron chi connectivity index (χ1n) is 9.60. The van der Waals surface area contributed by atoms with Gasteiger partial charge in [-0.25, -0.2) is 0 Å². The lowest BCUT2D eigenvalue weighted by Crippen LogP contribution is -2.43. The molecule has 1 saturated heterocycles. The van der Waals surface area contributed by atoms with Gasteiger partial charge in [-0.3, -0.25) is 9.69 Å². The van der Waals surface area contributed by atoms with Gasteiger partial charge in [-0.15, -0.1) is 0 Å². The summed E-state index contributed by atoms with van der Waals surface area (Å²) < 4.78 is 35.0. The molecule has 1 N–H and O–H groups in total. The zero-order valence-corrected chi connectivity index (χ0v) is 17.0. The Hall–Kier alpha value is -2.48. The molecule has 5 nitrogen and oxygen atoms in total. The van der Waals surface area contributed by atoms with Crippen LogP contribution in [-0.2, 0) is 9.53 Å². The number of nitrogens with one attached hydrogen (secondary N) is 1. The van der Waals surface area contributed by atoms with Gasteiger partial charge in [0.05, 0.1) is 19.3 Å². The highest BCUT2D eigenvalue weighted by atomic mass is 35.5. The zero-order valence-electron chi connectivity index (χ0n) is 16.3. The van der Waals surface area contributed by atoms with Crippen LogP contribution >= 0.6 is 11.6 Å². The van der Waals surface area contributed by atoms with Crippen molar-refractivity contribution in [3.05, 3.63) is 70.8 Å². The summed E-state index contributed by atoms with van der Waals surface area (Å²) in [7, 11) is 0. The minimum absolute atomic E-state index is 0.0175. The molecule has 160 valence electrons. The molecular formula is C22H23ClF2N2O3. The van der Waals surface area contributed by atoms with E-state index in [-0.39, 0.29) is 17.7 Å². The largest absolute Gasteiger partial charge is 0.434 e. The van der Waals surface area contributed by atoms with Crippen molar-refractivity contribution in [3.63, 3.8) is 0 Å². The standard InChI is InChI=1S/C22H23ClF2N2O3/c23-18-8-5-16(6-9-18)19(27-11-13-29-14-12-27)15-26-21(28)10-7-17-3-1-2-4-20(17)30-22(24)25/h1-10,19,22H,11-15H2,(H,26,28). The van der Waals surface area contributed by atoms with Gasteiger partial charge < -0.3 is 14.8 Å². The summed E-state index contributed by atoms with van der Waals surface area (Å²) in [5.74, 6) is -0.307. The minimum Gasteiger partial charge on any atom is -0.434 e. The molecular weight excluding hydrogens is 414 g/mol. The summed E-state index contributed by atoms with van der Waals surface area (Å²) >= 11 is 6.00. The van der Waals surface area contributed by atoms with Crippen molar-refractivity contribution in [1.29, 1.82) is 0 Å². The first-order valence-corrected chi connectivity index (χ1v) is 9.98. The van der Waals surface area contributed by atoms with Gasteiger partial charge in [0.15, 0.2) is 0 Å². The first-order chi connectivity index (χ1) is 14.5. The van der Waals surface area contributed by atoms with Crippen LogP contribution in [-0.4, -0.2) is 50.3 Å². The maximum Gasteiger partial charge on any atom is 0.387 e. The number of para-hydroxylation sites is 1. The number of ether oxygens (including phenoxy) is 2. The summed E-state index contributed by atoms with van der Waals surface area (Å²) in [6.45, 7) is 0.258. The van der Waals surface area contributed by atoms with E-state index in [1.54, 1.807) is 18.2 Å². The lowest BCUT2D eigenvalue weighted by atomic mass is 10.0. The second-order valence-corrected chi connectivity index (χ2v) is 7.15. The monoisotopic (exact) mass is 436 g/mol. The summed E-state index contributed by atoms with van der Waals surface area (Å²) in [5.41, 5.74) is 1.44. The van der Waals surface area contributed by atoms with Crippen LogP contribution in [0.4, 0.5) is 8.78 Å². The van der Waals surface area contributed by atoms with Crippen LogP contribution in [0.25, 0.3) is 6.08 Å². The molecule has 0 bridgehead atoms. The summed E-state index contributed by atoms with van der Waals surface area (Å²) in [4.78, 5) is 14.6. The van der Waals surface area contributed by atoms with Crippen LogP contribution in [0.5, 0.6) is 5.75 Å². The predicted molar refractivity (Wildman–Crippen MR) is 112 cm³/mol. The molecule has 0 saturated carbocycles. The molecule has 2 aromatic rings. The second kappa shape index (κ2) is 11.1. The van der Waals surface area contributed by atoms with Gasteiger partial charge >= 0.3 is 6.61 Å². The molecule has 3 rings (SSSR count). The van der Waals surface area contributed by atoms with Crippen molar-refractivity contribution in [2.24, 2.45) is 0 Å². The molecule has 1 heterocycles. The molecule has 1 atom stereocenters. The minimum atomic E-state index is -2.93. The Balaban J connectivity index is 1.65. The maximum atomic E-state index is 12.5. The molecule has 8 heteroatoms. The number of hydrogen-bond donors (Lipinski definition) is 1. The number of morpholine rings is 1. The Labute approximate surface area is 179 Å². The van der Waals surface area contributed by atoms with Crippen LogP contribution < -0.4 is 10.1 Å². The third-order valence-electron chi connectivity index (χ3n) is 4.76. The molecule has 1 aliphatic heterocycles. The van der Waals surface area contributed by atoms with Gasteiger partial charge in [0.25, 0.3) is 0 Å². The number of carbonyl (C=O) groups excluding carboxylic acids is 1. The van der Waals surface area contributed by atoms with Crippen molar-refractivity contribution in [2.45, 2.75) is 12.7 Å². The average Bonchev–Trinajstić information content (AvgIpc) is 2.75. The molecule has 1 aliphatic rings. The SMILES string of the molecule is O=C(C=Cc1ccccc1OC(F)F)NCC(c1ccc(Cl)cc1)N1CCOCC1. The summed E-state index contributed by atoms with van der Waals surface area (Å²) in [5, 5.41) is 3.54. The second-order valence-electron chi connectivity index (χ2n) is 6.71. The van der Waals surface area contributed by atoms with E-state index in [9.17, 15) is 13.6 Å². The molecule has 1 amide bonds. The number of halogens is 3. The fourth-order valence-corrected chi connectivity index (χ4v) is 3.40. The van der Waals surface area contributed by atoms with E-state index < -0.39 is 6.61 Å². The van der Waals surface area contributed by atoms with E-state index in [2.05, 4.69) is 15.0 Å². The average molecular weight is 437 g/mol. The number of nitrogens with zero attached hydrogens (tertiary/aromatic N) is 1. The summed E-state index contributed by atoms with van der Waals surface area (Å²) in [6.07, 6.45) is 2.77. The Morgan fingerprint density at radius 1 is 1.17 bits per heavy atom. The maximum absolute atomic E-state index is 12.5. The normalized spacial score (nSPS) is 16.0. The number of alkyl halides is 2. The molecule has 1 unspecified atom stereocenters. The first kappa shape index (κ1) is 22.2. The molecule has 0 aromatic heterocycles. The molecule has 0 radical (unpaired) electrons. The molecule has 30 heavy (non-hydrogen) atoms. The Kier molecular flexibility index (Phi) is 8.19. The van der Waals surface area contributed by atoms with E-state index in [4.69, 9.17) is 16.3 Å². The third-order valence-corrected chi connectivity index (χ3v) is 5.01. The van der Waals surface area contributed by atoms with Crippen molar-refractivity contribution in [2.75, 3.05) is 32.8 Å². The quantitative estimate of drug-likeness (QED) is 0.632. The number of rotatable bonds is 8. The predicted octanol–water partition coefficient (Wildman–Crippen LogP) is 4.14. The van der Waals surface area contributed by atoms with Crippen LogP contribution in [0.3, 0.4) is 0 Å². The number of carbonyl (C=O) groups is 1. The van der Waals surface area contributed by atoms with Crippen molar-refractivity contribution >= 4 is 23.6 Å². The van der Waals surface area contributed by atoms with Gasteiger partial charge in [-0.1, -0.05) is 41.9 Å². The van der Waals surface area contributed by atoms with E-state index in [1.807, 2.05) is 24.3 Å². The Morgan fingerprint density at radius 3 is 2.57 bits per heavy atom. The molecule has 0 spiro atoms. The van der Waals surface area contributed by atoms with Crippen molar-refractivity contribution in [1.82, 2.24) is 10.2 Å². The topological polar surface area (TPSA) is 50.8 Å². The fraction of sp³-hybridized carbons (Fsp3) is 0.318. The third kappa shape index (κ3) is 6.52. The molecule has 2 aromatic carbocycles. The van der Waals surface area contributed by atoms with Crippen LogP contribution in [0.15, 0.2) is 54.6 Å². The number of hydrogen-bond acceptors (Lipinski definition) is 4. The van der Waals surface area contributed by atoms with E-state index >= 15 is 0 Å². The Bertz CT molecular complexity index is 856. The van der Waals surface area contributed by atoms with Crippen molar-refractivity contribution < 1.29 is 23.0 Å². The number of amides is 1. The Morgan fingerprint density at radius 2 is 1.87 bits per heavy atom. The fourth-order valence-electron chi connectivity index (χ4n) is 3.28. The van der Waals surface area contributed by atoms with Gasteiger partial charge in [-0.2, -0.15) is 8.78 Å². The van der Waals surface area contributed by atoms with Gasteiger partial charge in [0, 0.05) is 36.3 Å². The van der Waals surface area contributed by atoms with E-state index in [1.165, 1.54) is 18.2 Å². The summed E-state index contributed by atoms with van der Waals surface area (Å²) in [6, 6.07) is 13.8. The molecule has 1 fully saturated rings. The van der Waals surface area contributed by atoms with Crippen LogP contribution in [0, 0.1) is 0 Å². The van der Waals surface area contributed by atoms with Crippen LogP contribution in [0.2, 0.25) is 5.02 Å². The van der Waals surface area contributed by atoms with Gasteiger partial charge in [-0.05, 0) is 29.8 Å². The van der Waals surface area contributed by atoms with Gasteiger partial charge in [0.2, 0.25) is 5.91 Å². The van der Waals surface area contributed by atoms with E-state index in [0.717, 1.165) is 18.7 Å². The van der Waals surface area contributed by atoms with Crippen molar-refractivity contribution in [3.8, 4) is 5.75 Å². The van der Waals surface area contributed by atoms with Gasteiger partial charge in [0.1, 0.15) is 5.75 Å². The highest BCUT2D eigenvalue weighted by Crippen LogP contribution is 2.24. The smallest absolute Gasteiger partial charge is 0.387 e. The zero-order chi connectivity index (χ0) is 21.3. The lowest BCUT2D eigenvalue weighted by Gasteiger charge is -2.34. The highest BCUT2D eigenvalue weighted by Gasteiger charge is 2.23. The highest BCUT2D eigenvalue weighted by molar-refractivity contribution is 6.30. The molecule has 0 aliphatic carbocycles. The lowest BCUT2D eigenvalue weighted by molar-refractivity contribution is -0.116. The van der Waals surface area contributed by atoms with E-state index in [0.29, 0.717) is 30.3 Å². The van der Waals surface area contributed by atoms with Crippen LogP contribution in [0.1, 0.15) is 17.2 Å². The number of benzene rings is 2.